The van der Waals surface area contributed by atoms with Crippen LogP contribution in [0.1, 0.15) is 18.5 Å². The molecule has 0 heterocycles. The first-order valence-corrected chi connectivity index (χ1v) is 8.97. The van der Waals surface area contributed by atoms with E-state index >= 15 is 0 Å². The Hall–Kier alpha value is -0.560. The Balaban J connectivity index is 2.49. The van der Waals surface area contributed by atoms with Crippen LogP contribution in [0.5, 0.6) is 0 Å². The SMILES string of the molecule is CSc1ccc(C(C)NCCS(=O)(=O)N(C)C)cc1. The van der Waals surface area contributed by atoms with Gasteiger partial charge in [0, 0.05) is 31.6 Å². The van der Waals surface area contributed by atoms with Crippen molar-refractivity contribution in [3.05, 3.63) is 29.8 Å². The van der Waals surface area contributed by atoms with Gasteiger partial charge in [0.05, 0.1) is 5.75 Å². The van der Waals surface area contributed by atoms with Gasteiger partial charge in [0.1, 0.15) is 0 Å². The largest absolute Gasteiger partial charge is 0.309 e. The molecule has 6 heteroatoms. The number of nitrogens with one attached hydrogen (secondary N) is 1. The van der Waals surface area contributed by atoms with Crippen molar-refractivity contribution in [2.45, 2.75) is 17.9 Å². The number of nitrogens with zero attached hydrogens (tertiary/aromatic N) is 1. The molecule has 0 aromatic heterocycles. The highest BCUT2D eigenvalue weighted by atomic mass is 32.2. The highest BCUT2D eigenvalue weighted by molar-refractivity contribution is 7.98. The Kier molecular flexibility index (Phi) is 6.32. The van der Waals surface area contributed by atoms with Crippen LogP contribution in [-0.2, 0) is 10.0 Å². The standard InChI is InChI=1S/C13H22N2O2S2/c1-11(12-5-7-13(18-4)8-6-12)14-9-10-19(16,17)15(2)3/h5-8,11,14H,9-10H2,1-4H3. The fourth-order valence-corrected chi connectivity index (χ4v) is 2.75. The second-order valence-electron chi connectivity index (χ2n) is 4.55. The molecule has 0 spiro atoms. The van der Waals surface area contributed by atoms with Crippen molar-refractivity contribution >= 4 is 21.8 Å². The van der Waals surface area contributed by atoms with Crippen LogP contribution in [0.25, 0.3) is 0 Å². The minimum Gasteiger partial charge on any atom is -0.309 e. The van der Waals surface area contributed by atoms with Gasteiger partial charge >= 0.3 is 0 Å². The van der Waals surface area contributed by atoms with Crippen LogP contribution < -0.4 is 5.32 Å². The second-order valence-corrected chi connectivity index (χ2v) is 7.73. The Morgan fingerprint density at radius 2 is 1.84 bits per heavy atom. The molecule has 1 atom stereocenters. The molecular weight excluding hydrogens is 280 g/mol. The topological polar surface area (TPSA) is 49.4 Å². The number of hydrogen-bond donors (Lipinski definition) is 1. The van der Waals surface area contributed by atoms with Crippen LogP contribution >= 0.6 is 11.8 Å². The first-order valence-electron chi connectivity index (χ1n) is 6.14. The molecule has 0 saturated carbocycles. The summed E-state index contributed by atoms with van der Waals surface area (Å²) in [6.07, 6.45) is 2.04. The molecular formula is C13H22N2O2S2. The van der Waals surface area contributed by atoms with Crippen LogP contribution in [0.4, 0.5) is 0 Å². The van der Waals surface area contributed by atoms with Crippen molar-refractivity contribution in [1.29, 1.82) is 0 Å². The number of rotatable bonds is 7. The number of hydrogen-bond acceptors (Lipinski definition) is 4. The molecule has 0 aliphatic rings. The summed E-state index contributed by atoms with van der Waals surface area (Å²) in [7, 11) is -0.00831. The number of sulfonamides is 1. The lowest BCUT2D eigenvalue weighted by atomic mass is 10.1. The molecule has 0 amide bonds. The fraction of sp³-hybridized carbons (Fsp3) is 0.538. The maximum absolute atomic E-state index is 11.6. The fourth-order valence-electron chi connectivity index (χ4n) is 1.60. The van der Waals surface area contributed by atoms with Gasteiger partial charge in [-0.1, -0.05) is 12.1 Å². The van der Waals surface area contributed by atoms with Crippen molar-refractivity contribution in [2.75, 3.05) is 32.6 Å². The van der Waals surface area contributed by atoms with Crippen molar-refractivity contribution in [3.8, 4) is 0 Å². The van der Waals surface area contributed by atoms with Gasteiger partial charge in [0.15, 0.2) is 0 Å². The lowest BCUT2D eigenvalue weighted by Crippen LogP contribution is -2.32. The van der Waals surface area contributed by atoms with Gasteiger partial charge in [-0.15, -0.1) is 11.8 Å². The van der Waals surface area contributed by atoms with Crippen molar-refractivity contribution < 1.29 is 8.42 Å². The molecule has 0 bridgehead atoms. The van der Waals surface area contributed by atoms with Gasteiger partial charge in [-0.05, 0) is 30.9 Å². The van der Waals surface area contributed by atoms with Gasteiger partial charge in [-0.2, -0.15) is 0 Å². The van der Waals surface area contributed by atoms with Gasteiger partial charge in [0.2, 0.25) is 10.0 Å². The van der Waals surface area contributed by atoms with E-state index in [4.69, 9.17) is 0 Å². The third kappa shape index (κ3) is 5.14. The summed E-state index contributed by atoms with van der Waals surface area (Å²) in [6.45, 7) is 2.49. The molecule has 4 nitrogen and oxygen atoms in total. The Morgan fingerprint density at radius 3 is 2.32 bits per heavy atom. The average Bonchev–Trinajstić information content (AvgIpc) is 2.38. The zero-order chi connectivity index (χ0) is 14.5. The van der Waals surface area contributed by atoms with E-state index in [0.29, 0.717) is 6.54 Å². The van der Waals surface area contributed by atoms with Gasteiger partial charge in [-0.3, -0.25) is 0 Å². The smallest absolute Gasteiger partial charge is 0.214 e. The molecule has 1 N–H and O–H groups in total. The van der Waals surface area contributed by atoms with E-state index in [-0.39, 0.29) is 11.8 Å². The van der Waals surface area contributed by atoms with Crippen LogP contribution in [0.2, 0.25) is 0 Å². The summed E-state index contributed by atoms with van der Waals surface area (Å²) < 4.78 is 24.5. The van der Waals surface area contributed by atoms with E-state index in [9.17, 15) is 8.42 Å². The first kappa shape index (κ1) is 16.5. The lowest BCUT2D eigenvalue weighted by Gasteiger charge is -2.16. The van der Waals surface area contributed by atoms with Crippen LogP contribution in [0.15, 0.2) is 29.2 Å². The maximum Gasteiger partial charge on any atom is 0.214 e. The third-order valence-electron chi connectivity index (χ3n) is 2.98. The van der Waals surface area contributed by atoms with Gasteiger partial charge in [0.25, 0.3) is 0 Å². The van der Waals surface area contributed by atoms with E-state index < -0.39 is 10.0 Å². The van der Waals surface area contributed by atoms with Crippen LogP contribution in [-0.4, -0.2) is 45.4 Å². The highest BCUT2D eigenvalue weighted by Crippen LogP contribution is 2.18. The van der Waals surface area contributed by atoms with E-state index in [2.05, 4.69) is 29.6 Å². The first-order chi connectivity index (χ1) is 8.86. The van der Waals surface area contributed by atoms with E-state index in [1.165, 1.54) is 14.8 Å². The predicted octanol–water partition coefficient (Wildman–Crippen LogP) is 1.95. The van der Waals surface area contributed by atoms with Gasteiger partial charge in [-0.25, -0.2) is 12.7 Å². The molecule has 0 aliphatic carbocycles. The van der Waals surface area contributed by atoms with E-state index in [1.54, 1.807) is 25.9 Å². The van der Waals surface area contributed by atoms with Crippen molar-refractivity contribution in [2.24, 2.45) is 0 Å². The van der Waals surface area contributed by atoms with Crippen LogP contribution in [0.3, 0.4) is 0 Å². The molecule has 0 aliphatic heterocycles. The normalized spacial score (nSPS) is 13.7. The number of benzene rings is 1. The molecule has 1 aromatic carbocycles. The van der Waals surface area contributed by atoms with Gasteiger partial charge < -0.3 is 5.32 Å². The minimum absolute atomic E-state index is 0.118. The monoisotopic (exact) mass is 302 g/mol. The lowest BCUT2D eigenvalue weighted by molar-refractivity contribution is 0.512. The zero-order valence-corrected chi connectivity index (χ0v) is 13.5. The summed E-state index contributed by atoms with van der Waals surface area (Å²) in [4.78, 5) is 1.23. The molecule has 108 valence electrons. The minimum atomic E-state index is -3.12. The average molecular weight is 302 g/mol. The van der Waals surface area contributed by atoms with E-state index in [0.717, 1.165) is 0 Å². The summed E-state index contributed by atoms with van der Waals surface area (Å²) >= 11 is 1.71. The zero-order valence-electron chi connectivity index (χ0n) is 11.9. The van der Waals surface area contributed by atoms with Crippen LogP contribution in [0, 0.1) is 0 Å². The molecule has 0 saturated heterocycles. The Morgan fingerprint density at radius 1 is 1.26 bits per heavy atom. The molecule has 1 aromatic rings. The third-order valence-corrected chi connectivity index (χ3v) is 5.56. The maximum atomic E-state index is 11.6. The van der Waals surface area contributed by atoms with Crippen molar-refractivity contribution in [3.63, 3.8) is 0 Å². The molecule has 19 heavy (non-hydrogen) atoms. The summed E-state index contributed by atoms with van der Waals surface area (Å²) in [6, 6.07) is 8.45. The Bertz CT molecular complexity index is 484. The predicted molar refractivity (Wildman–Crippen MR) is 82.1 cm³/mol. The summed E-state index contributed by atoms with van der Waals surface area (Å²) in [5, 5.41) is 3.23. The molecule has 0 fully saturated rings. The molecule has 1 rings (SSSR count). The summed E-state index contributed by atoms with van der Waals surface area (Å²) in [5.74, 6) is 0.118. The molecule has 0 radical (unpaired) electrons. The van der Waals surface area contributed by atoms with Crippen molar-refractivity contribution in [1.82, 2.24) is 9.62 Å². The summed E-state index contributed by atoms with van der Waals surface area (Å²) in [5.41, 5.74) is 1.17. The highest BCUT2D eigenvalue weighted by Gasteiger charge is 2.13. The molecule has 1 unspecified atom stereocenters. The Labute approximate surface area is 120 Å². The number of thioether (sulfide) groups is 1. The second kappa shape index (κ2) is 7.28. The quantitative estimate of drug-likeness (QED) is 0.782. The van der Waals surface area contributed by atoms with E-state index in [1.807, 2.05) is 13.2 Å².